The van der Waals surface area contributed by atoms with Gasteiger partial charge in [0.15, 0.2) is 0 Å². The summed E-state index contributed by atoms with van der Waals surface area (Å²) in [6.45, 7) is 0. The van der Waals surface area contributed by atoms with E-state index >= 15 is 0 Å². The van der Waals surface area contributed by atoms with Crippen LogP contribution in [0, 0.1) is 0 Å². The first-order chi connectivity index (χ1) is 18.5. The Kier molecular flexibility index (Phi) is 6.90. The number of esters is 2. The fourth-order valence-corrected chi connectivity index (χ4v) is 3.86. The van der Waals surface area contributed by atoms with Gasteiger partial charge in [-0.3, -0.25) is 0 Å². The lowest BCUT2D eigenvalue weighted by Crippen LogP contribution is -2.16. The Morgan fingerprint density at radius 3 is 1.00 bits per heavy atom. The fourth-order valence-electron chi connectivity index (χ4n) is 3.86. The van der Waals surface area contributed by atoms with Crippen molar-refractivity contribution in [3.05, 3.63) is 95.1 Å². The van der Waals surface area contributed by atoms with E-state index in [-0.39, 0.29) is 45.0 Å². The zero-order valence-corrected chi connectivity index (χ0v) is 20.2. The molecule has 4 rings (SSSR count). The highest BCUT2D eigenvalue weighted by Gasteiger charge is 2.21. The van der Waals surface area contributed by atoms with E-state index in [4.69, 9.17) is 27.7 Å². The molecule has 0 heterocycles. The first kappa shape index (κ1) is 26.2. The Morgan fingerprint density at radius 1 is 0.462 bits per heavy atom. The monoisotopic (exact) mass is 526 g/mol. The lowest BCUT2D eigenvalue weighted by molar-refractivity contribution is 0.0398. The summed E-state index contributed by atoms with van der Waals surface area (Å²) in [5.41, 5.74) is 24.8. The van der Waals surface area contributed by atoms with Crippen LogP contribution in [0.3, 0.4) is 0 Å². The van der Waals surface area contributed by atoms with Gasteiger partial charge in [-0.2, -0.15) is 0 Å². The summed E-state index contributed by atoms with van der Waals surface area (Å²) >= 11 is 0. The largest absolute Gasteiger partial charge is 0.478 e. The van der Waals surface area contributed by atoms with Crippen molar-refractivity contribution in [2.45, 2.75) is 0 Å². The molecule has 196 valence electrons. The Bertz CT molecular complexity index is 1560. The number of rotatable bonds is 6. The predicted octanol–water partition coefficient (Wildman–Crippen LogP) is 3.74. The van der Waals surface area contributed by atoms with E-state index in [1.807, 2.05) is 0 Å². The van der Waals surface area contributed by atoms with Crippen LogP contribution >= 0.6 is 0 Å². The molecule has 11 nitrogen and oxygen atoms in total. The Balaban J connectivity index is 1.63. The van der Waals surface area contributed by atoms with E-state index in [9.17, 15) is 29.4 Å². The van der Waals surface area contributed by atoms with E-state index in [0.717, 1.165) is 0 Å². The SMILES string of the molecule is Nc1ccc(-c2ccc(N)c(C(=O)OC(=O)c3cc(-c4ccc(N)c(C(=O)O)c4)ccc3N)c2)cc1C(=O)O. The number of nitrogen functional groups attached to an aromatic ring is 4. The molecule has 0 radical (unpaired) electrons. The third-order valence-corrected chi connectivity index (χ3v) is 5.97. The van der Waals surface area contributed by atoms with Gasteiger partial charge < -0.3 is 37.9 Å². The number of anilines is 4. The molecule has 10 N–H and O–H groups in total. The third kappa shape index (κ3) is 5.32. The number of carboxylic acid groups (broad SMARTS) is 2. The van der Waals surface area contributed by atoms with Gasteiger partial charge in [-0.25, -0.2) is 19.2 Å². The molecule has 0 saturated heterocycles. The normalized spacial score (nSPS) is 10.6. The smallest absolute Gasteiger partial charge is 0.348 e. The van der Waals surface area contributed by atoms with Crippen molar-refractivity contribution in [3.63, 3.8) is 0 Å². The van der Waals surface area contributed by atoms with Gasteiger partial charge in [0.05, 0.1) is 22.3 Å². The summed E-state index contributed by atoms with van der Waals surface area (Å²) < 4.78 is 5.06. The van der Waals surface area contributed by atoms with Gasteiger partial charge in [-0.15, -0.1) is 0 Å². The predicted molar refractivity (Wildman–Crippen MR) is 145 cm³/mol. The molecule has 0 saturated carbocycles. The molecule has 0 bridgehead atoms. The number of benzene rings is 4. The Morgan fingerprint density at radius 2 is 0.718 bits per heavy atom. The van der Waals surface area contributed by atoms with Gasteiger partial charge >= 0.3 is 23.9 Å². The van der Waals surface area contributed by atoms with Crippen LogP contribution in [0.1, 0.15) is 41.4 Å². The average molecular weight is 527 g/mol. The number of aromatic carboxylic acids is 2. The molecule has 0 amide bonds. The summed E-state index contributed by atoms with van der Waals surface area (Å²) in [6.07, 6.45) is 0. The van der Waals surface area contributed by atoms with Crippen LogP contribution in [0.15, 0.2) is 72.8 Å². The topological polar surface area (TPSA) is 222 Å². The van der Waals surface area contributed by atoms with Gasteiger partial charge in [-0.05, 0) is 70.8 Å². The minimum Gasteiger partial charge on any atom is -0.478 e. The number of carboxylic acids is 2. The van der Waals surface area contributed by atoms with E-state index in [1.165, 1.54) is 48.5 Å². The molecule has 0 aliphatic heterocycles. The maximum Gasteiger partial charge on any atom is 0.348 e. The number of nitrogens with two attached hydrogens (primary N) is 4. The van der Waals surface area contributed by atoms with Gasteiger partial charge in [0.25, 0.3) is 0 Å². The van der Waals surface area contributed by atoms with Crippen molar-refractivity contribution in [3.8, 4) is 22.3 Å². The second-order valence-electron chi connectivity index (χ2n) is 8.50. The minimum absolute atomic E-state index is 0.0234. The number of hydrogen-bond donors (Lipinski definition) is 6. The van der Waals surface area contributed by atoms with Gasteiger partial charge in [0.1, 0.15) is 0 Å². The zero-order chi connectivity index (χ0) is 28.4. The number of ether oxygens (including phenoxy) is 1. The van der Waals surface area contributed by atoms with Crippen LogP contribution in [0.2, 0.25) is 0 Å². The number of carbonyl (C=O) groups is 4. The summed E-state index contributed by atoms with van der Waals surface area (Å²) in [4.78, 5) is 48.7. The Hall–Kier alpha value is -5.84. The summed E-state index contributed by atoms with van der Waals surface area (Å²) in [5, 5.41) is 18.7. The standard InChI is InChI=1S/C28H22N4O7/c29-21-5-1-13(9-17(21)25(33)34)15-3-7-23(31)19(11-15)27(37)39-28(38)20-12-16(4-8-24(20)32)14-2-6-22(30)18(10-14)26(35)36/h1-12H,29-32H2,(H,33,34)(H,35,36). The van der Waals surface area contributed by atoms with Gasteiger partial charge in [0, 0.05) is 22.7 Å². The maximum absolute atomic E-state index is 12.9. The highest BCUT2D eigenvalue weighted by Crippen LogP contribution is 2.29. The molecule has 0 unspecified atom stereocenters. The molecule has 0 fully saturated rings. The highest BCUT2D eigenvalue weighted by atomic mass is 16.6. The maximum atomic E-state index is 12.9. The summed E-state index contributed by atoms with van der Waals surface area (Å²) in [5.74, 6) is -4.54. The third-order valence-electron chi connectivity index (χ3n) is 5.97. The van der Waals surface area contributed by atoms with Crippen molar-refractivity contribution >= 4 is 46.6 Å². The first-order valence-corrected chi connectivity index (χ1v) is 11.3. The summed E-state index contributed by atoms with van der Waals surface area (Å²) in [7, 11) is 0. The van der Waals surface area contributed by atoms with Crippen LogP contribution in [0.25, 0.3) is 22.3 Å². The van der Waals surface area contributed by atoms with E-state index in [2.05, 4.69) is 0 Å². The van der Waals surface area contributed by atoms with Crippen LogP contribution in [0.5, 0.6) is 0 Å². The van der Waals surface area contributed by atoms with Gasteiger partial charge in [-0.1, -0.05) is 24.3 Å². The molecule has 0 aliphatic carbocycles. The van der Waals surface area contributed by atoms with E-state index in [0.29, 0.717) is 22.3 Å². The fraction of sp³-hybridized carbons (Fsp3) is 0. The van der Waals surface area contributed by atoms with Crippen molar-refractivity contribution in [1.82, 2.24) is 0 Å². The lowest BCUT2D eigenvalue weighted by Gasteiger charge is -2.12. The minimum atomic E-state index is -1.21. The van der Waals surface area contributed by atoms with E-state index < -0.39 is 23.9 Å². The van der Waals surface area contributed by atoms with Crippen molar-refractivity contribution in [2.24, 2.45) is 0 Å². The highest BCUT2D eigenvalue weighted by molar-refractivity contribution is 6.08. The van der Waals surface area contributed by atoms with Crippen LogP contribution in [-0.4, -0.2) is 34.1 Å². The molecule has 0 aromatic heterocycles. The second kappa shape index (κ2) is 10.3. The van der Waals surface area contributed by atoms with Crippen LogP contribution < -0.4 is 22.9 Å². The molecule has 11 heteroatoms. The molecule has 4 aromatic rings. The van der Waals surface area contributed by atoms with Gasteiger partial charge in [0.2, 0.25) is 0 Å². The molecule has 0 atom stereocenters. The molecule has 39 heavy (non-hydrogen) atoms. The average Bonchev–Trinajstić information content (AvgIpc) is 2.89. The molecule has 0 aliphatic rings. The van der Waals surface area contributed by atoms with Crippen molar-refractivity contribution in [2.75, 3.05) is 22.9 Å². The molecular weight excluding hydrogens is 504 g/mol. The van der Waals surface area contributed by atoms with Crippen molar-refractivity contribution in [1.29, 1.82) is 0 Å². The van der Waals surface area contributed by atoms with Crippen LogP contribution in [0.4, 0.5) is 22.7 Å². The quantitative estimate of drug-likeness (QED) is 0.121. The van der Waals surface area contributed by atoms with Crippen LogP contribution in [-0.2, 0) is 4.74 Å². The number of carbonyl (C=O) groups excluding carboxylic acids is 2. The lowest BCUT2D eigenvalue weighted by atomic mass is 9.99. The Labute approximate surface area is 221 Å². The molecular formula is C28H22N4O7. The molecule has 4 aromatic carbocycles. The van der Waals surface area contributed by atoms with E-state index in [1.54, 1.807) is 24.3 Å². The summed E-state index contributed by atoms with van der Waals surface area (Å²) in [6, 6.07) is 17.4. The zero-order valence-electron chi connectivity index (χ0n) is 20.2. The molecule has 0 spiro atoms. The second-order valence-corrected chi connectivity index (χ2v) is 8.50. The first-order valence-electron chi connectivity index (χ1n) is 11.3. The van der Waals surface area contributed by atoms with Crippen molar-refractivity contribution < 1.29 is 34.1 Å². The number of hydrogen-bond acceptors (Lipinski definition) is 9.